The van der Waals surface area contributed by atoms with Gasteiger partial charge in [-0.1, -0.05) is 11.6 Å². The molecule has 2 nitrogen and oxygen atoms in total. The van der Waals surface area contributed by atoms with Gasteiger partial charge in [-0.2, -0.15) is 0 Å². The number of aryl methyl sites for hydroxylation is 1. The third kappa shape index (κ3) is 2.19. The van der Waals surface area contributed by atoms with Crippen LogP contribution in [0.1, 0.15) is 4.88 Å². The SMILES string of the molecule is Cc1cc2c(Cl)nc(-c3ccc(F)cc3F)nc2s1. The van der Waals surface area contributed by atoms with E-state index in [1.165, 1.54) is 23.5 Å². The second-order valence-corrected chi connectivity index (χ2v) is 5.63. The Bertz CT molecular complexity index is 786. The van der Waals surface area contributed by atoms with Gasteiger partial charge in [0, 0.05) is 16.3 Å². The number of halogens is 3. The first-order valence-corrected chi connectivity index (χ1v) is 6.63. The van der Waals surface area contributed by atoms with E-state index in [1.54, 1.807) is 0 Å². The van der Waals surface area contributed by atoms with E-state index in [1.807, 2.05) is 13.0 Å². The normalized spacial score (nSPS) is 11.2. The number of hydrogen-bond acceptors (Lipinski definition) is 3. The zero-order chi connectivity index (χ0) is 13.6. The maximum absolute atomic E-state index is 13.7. The Labute approximate surface area is 116 Å². The predicted molar refractivity (Wildman–Crippen MR) is 72.5 cm³/mol. The number of fused-ring (bicyclic) bond motifs is 1. The first kappa shape index (κ1) is 12.4. The van der Waals surface area contributed by atoms with Gasteiger partial charge >= 0.3 is 0 Å². The Morgan fingerprint density at radius 1 is 1.16 bits per heavy atom. The highest BCUT2D eigenvalue weighted by molar-refractivity contribution is 7.18. The van der Waals surface area contributed by atoms with Gasteiger partial charge in [0.2, 0.25) is 0 Å². The molecule has 0 spiro atoms. The Morgan fingerprint density at radius 3 is 2.68 bits per heavy atom. The molecule has 0 saturated heterocycles. The molecule has 0 saturated carbocycles. The van der Waals surface area contributed by atoms with Crippen LogP contribution in [-0.2, 0) is 0 Å². The minimum Gasteiger partial charge on any atom is -0.217 e. The molecule has 0 amide bonds. The molecule has 0 fully saturated rings. The molecule has 0 bridgehead atoms. The van der Waals surface area contributed by atoms with Crippen LogP contribution in [0.2, 0.25) is 5.15 Å². The van der Waals surface area contributed by atoms with Gasteiger partial charge in [0.05, 0.1) is 5.56 Å². The predicted octanol–water partition coefficient (Wildman–Crippen LogP) is 4.60. The zero-order valence-corrected chi connectivity index (χ0v) is 11.3. The van der Waals surface area contributed by atoms with E-state index in [0.717, 1.165) is 16.3 Å². The second kappa shape index (κ2) is 4.51. The summed E-state index contributed by atoms with van der Waals surface area (Å²) in [5.41, 5.74) is 0.135. The molecule has 0 unspecified atom stereocenters. The highest BCUT2D eigenvalue weighted by atomic mass is 35.5. The number of benzene rings is 1. The van der Waals surface area contributed by atoms with Crippen LogP contribution >= 0.6 is 22.9 Å². The van der Waals surface area contributed by atoms with Crippen molar-refractivity contribution in [2.24, 2.45) is 0 Å². The van der Waals surface area contributed by atoms with Crippen molar-refractivity contribution in [3.63, 3.8) is 0 Å². The van der Waals surface area contributed by atoms with Crippen molar-refractivity contribution in [2.75, 3.05) is 0 Å². The summed E-state index contributed by atoms with van der Waals surface area (Å²) in [5.74, 6) is -1.18. The van der Waals surface area contributed by atoms with E-state index >= 15 is 0 Å². The minimum atomic E-state index is -0.705. The lowest BCUT2D eigenvalue weighted by atomic mass is 10.2. The molecule has 6 heteroatoms. The highest BCUT2D eigenvalue weighted by Crippen LogP contribution is 2.31. The number of thiophene rings is 1. The summed E-state index contributed by atoms with van der Waals surface area (Å²) in [6.45, 7) is 1.93. The molecule has 2 heterocycles. The highest BCUT2D eigenvalue weighted by Gasteiger charge is 2.13. The average Bonchev–Trinajstić information content (AvgIpc) is 2.70. The van der Waals surface area contributed by atoms with Gasteiger partial charge in [-0.25, -0.2) is 18.7 Å². The van der Waals surface area contributed by atoms with Gasteiger partial charge in [-0.15, -0.1) is 11.3 Å². The van der Waals surface area contributed by atoms with E-state index in [0.29, 0.717) is 4.83 Å². The quantitative estimate of drug-likeness (QED) is 0.613. The molecule has 0 N–H and O–H groups in total. The maximum Gasteiger partial charge on any atom is 0.165 e. The number of nitrogens with zero attached hydrogens (tertiary/aromatic N) is 2. The molecule has 0 radical (unpaired) electrons. The van der Waals surface area contributed by atoms with Crippen molar-refractivity contribution in [3.8, 4) is 11.4 Å². The summed E-state index contributed by atoms with van der Waals surface area (Å²) >= 11 is 7.52. The third-order valence-electron chi connectivity index (χ3n) is 2.64. The lowest BCUT2D eigenvalue weighted by molar-refractivity contribution is 0.585. The molecule has 0 aliphatic heterocycles. The summed E-state index contributed by atoms with van der Waals surface area (Å²) in [4.78, 5) is 10.1. The van der Waals surface area contributed by atoms with Crippen molar-refractivity contribution in [1.82, 2.24) is 9.97 Å². The molecule has 0 aliphatic rings. The van der Waals surface area contributed by atoms with Crippen molar-refractivity contribution in [3.05, 3.63) is 45.9 Å². The van der Waals surface area contributed by atoms with E-state index in [9.17, 15) is 8.78 Å². The summed E-state index contributed by atoms with van der Waals surface area (Å²) in [6.07, 6.45) is 0. The smallest absolute Gasteiger partial charge is 0.165 e. The number of hydrogen-bond donors (Lipinski definition) is 0. The standard InChI is InChI=1S/C13H7ClF2N2S/c1-6-4-9-11(14)17-12(18-13(9)19-6)8-3-2-7(15)5-10(8)16/h2-5H,1H3. The second-order valence-electron chi connectivity index (χ2n) is 4.04. The minimum absolute atomic E-state index is 0.135. The van der Waals surface area contributed by atoms with Crippen molar-refractivity contribution >= 4 is 33.2 Å². The molecule has 0 aliphatic carbocycles. The van der Waals surface area contributed by atoms with Crippen LogP contribution in [0.4, 0.5) is 8.78 Å². The fourth-order valence-corrected chi connectivity index (χ4v) is 2.96. The van der Waals surface area contributed by atoms with Gasteiger partial charge in [0.1, 0.15) is 21.6 Å². The summed E-state index contributed by atoms with van der Waals surface area (Å²) < 4.78 is 26.6. The topological polar surface area (TPSA) is 25.8 Å². The van der Waals surface area contributed by atoms with E-state index in [4.69, 9.17) is 11.6 Å². The Morgan fingerprint density at radius 2 is 1.95 bits per heavy atom. The molecule has 2 aromatic heterocycles. The fraction of sp³-hybridized carbons (Fsp3) is 0.0769. The monoisotopic (exact) mass is 296 g/mol. The number of rotatable bonds is 1. The Kier molecular flexibility index (Phi) is 2.95. The summed E-state index contributed by atoms with van der Waals surface area (Å²) in [5, 5.41) is 1.02. The van der Waals surface area contributed by atoms with E-state index in [-0.39, 0.29) is 16.5 Å². The van der Waals surface area contributed by atoms with Crippen LogP contribution < -0.4 is 0 Å². The van der Waals surface area contributed by atoms with Crippen molar-refractivity contribution in [1.29, 1.82) is 0 Å². The fourth-order valence-electron chi connectivity index (χ4n) is 1.80. The Balaban J connectivity index is 2.25. The van der Waals surface area contributed by atoms with Gasteiger partial charge in [-0.3, -0.25) is 0 Å². The first-order chi connectivity index (χ1) is 9.04. The molecule has 3 aromatic rings. The molecule has 96 valence electrons. The Hall–Kier alpha value is -1.59. The third-order valence-corrected chi connectivity index (χ3v) is 3.87. The molecular formula is C13H7ClF2N2S. The van der Waals surface area contributed by atoms with Crippen LogP contribution in [0.25, 0.3) is 21.6 Å². The van der Waals surface area contributed by atoms with Crippen molar-refractivity contribution in [2.45, 2.75) is 6.92 Å². The van der Waals surface area contributed by atoms with E-state index in [2.05, 4.69) is 9.97 Å². The van der Waals surface area contributed by atoms with E-state index < -0.39 is 11.6 Å². The lowest BCUT2D eigenvalue weighted by Gasteiger charge is -2.03. The lowest BCUT2D eigenvalue weighted by Crippen LogP contribution is -1.93. The van der Waals surface area contributed by atoms with Crippen LogP contribution in [0, 0.1) is 18.6 Å². The van der Waals surface area contributed by atoms with Gasteiger partial charge in [-0.05, 0) is 25.1 Å². The van der Waals surface area contributed by atoms with Crippen LogP contribution in [0.15, 0.2) is 24.3 Å². The van der Waals surface area contributed by atoms with Gasteiger partial charge in [0.25, 0.3) is 0 Å². The zero-order valence-electron chi connectivity index (χ0n) is 9.75. The van der Waals surface area contributed by atoms with Gasteiger partial charge in [0.15, 0.2) is 5.82 Å². The maximum atomic E-state index is 13.7. The first-order valence-electron chi connectivity index (χ1n) is 5.44. The largest absolute Gasteiger partial charge is 0.217 e. The molecule has 0 atom stereocenters. The average molecular weight is 297 g/mol. The molecule has 3 rings (SSSR count). The molecule has 19 heavy (non-hydrogen) atoms. The van der Waals surface area contributed by atoms with Crippen LogP contribution in [-0.4, -0.2) is 9.97 Å². The number of aromatic nitrogens is 2. The summed E-state index contributed by atoms with van der Waals surface area (Å²) in [7, 11) is 0. The van der Waals surface area contributed by atoms with Crippen LogP contribution in [0.5, 0.6) is 0 Å². The van der Waals surface area contributed by atoms with Crippen LogP contribution in [0.3, 0.4) is 0 Å². The molecule has 1 aromatic carbocycles. The summed E-state index contributed by atoms with van der Waals surface area (Å²) in [6, 6.07) is 5.16. The van der Waals surface area contributed by atoms with Gasteiger partial charge < -0.3 is 0 Å². The van der Waals surface area contributed by atoms with Crippen molar-refractivity contribution < 1.29 is 8.78 Å². The molecular weight excluding hydrogens is 290 g/mol.